The molecule has 0 radical (unpaired) electrons. The molecule has 1 N–H and O–H groups in total. The zero-order valence-electron chi connectivity index (χ0n) is 13.4. The molecule has 128 valence electrons. The third-order valence-electron chi connectivity index (χ3n) is 3.69. The minimum Gasteiger partial charge on any atom is -0.481 e. The van der Waals surface area contributed by atoms with Crippen LogP contribution in [0.2, 0.25) is 0 Å². The van der Waals surface area contributed by atoms with Crippen molar-refractivity contribution in [2.75, 3.05) is 0 Å². The third kappa shape index (κ3) is 2.87. The van der Waals surface area contributed by atoms with Gasteiger partial charge in [0.1, 0.15) is 0 Å². The van der Waals surface area contributed by atoms with Crippen molar-refractivity contribution in [3.63, 3.8) is 0 Å². The summed E-state index contributed by atoms with van der Waals surface area (Å²) in [5, 5.41) is 28.9. The molecule has 1 aliphatic rings. The zero-order valence-corrected chi connectivity index (χ0v) is 15.1. The van der Waals surface area contributed by atoms with E-state index >= 15 is 0 Å². The van der Waals surface area contributed by atoms with Crippen LogP contribution in [0.4, 0.5) is 0 Å². The first kappa shape index (κ1) is 16.0. The maximum absolute atomic E-state index is 11.2. The van der Waals surface area contributed by atoms with Gasteiger partial charge in [-0.3, -0.25) is 4.79 Å². The molecule has 0 bridgehead atoms. The van der Waals surface area contributed by atoms with Gasteiger partial charge in [0, 0.05) is 5.69 Å². The first-order valence-electron chi connectivity index (χ1n) is 7.53. The molecule has 0 saturated heterocycles. The molecule has 10 heteroatoms. The highest BCUT2D eigenvalue weighted by Gasteiger charge is 2.31. The highest BCUT2D eigenvalue weighted by Crippen LogP contribution is 2.34. The number of nitrogens with zero attached hydrogens (tertiary/aromatic N) is 6. The van der Waals surface area contributed by atoms with Gasteiger partial charge in [-0.15, -0.1) is 21.5 Å². The number of hydrogen-bond acceptors (Lipinski definition) is 7. The van der Waals surface area contributed by atoms with Crippen LogP contribution in [0.3, 0.4) is 0 Å². The summed E-state index contributed by atoms with van der Waals surface area (Å²) in [6.45, 7) is 3.85. The Labute approximate surface area is 151 Å². The Bertz CT molecular complexity index is 972. The number of thioether (sulfide) groups is 1. The molecule has 0 fully saturated rings. The van der Waals surface area contributed by atoms with Crippen LogP contribution < -0.4 is 0 Å². The molecule has 4 heterocycles. The Morgan fingerprint density at radius 1 is 1.36 bits per heavy atom. The summed E-state index contributed by atoms with van der Waals surface area (Å²) in [4.78, 5) is 12.2. The summed E-state index contributed by atoms with van der Waals surface area (Å²) in [6.07, 6.45) is -0.0243. The van der Waals surface area contributed by atoms with E-state index in [0.29, 0.717) is 11.1 Å². The molecule has 3 aromatic heterocycles. The molecule has 0 aromatic carbocycles. The molecule has 1 aliphatic heterocycles. The topological polar surface area (TPSA) is 98.2 Å². The molecule has 8 nitrogen and oxygen atoms in total. The predicted molar refractivity (Wildman–Crippen MR) is 94.8 cm³/mol. The van der Waals surface area contributed by atoms with Crippen LogP contribution >= 0.6 is 23.1 Å². The molecule has 0 aliphatic carbocycles. The first-order valence-corrected chi connectivity index (χ1v) is 9.29. The Kier molecular flexibility index (Phi) is 3.92. The minimum atomic E-state index is -0.867. The highest BCUT2D eigenvalue weighted by molar-refractivity contribution is 8.00. The number of carboxylic acids is 1. The van der Waals surface area contributed by atoms with Gasteiger partial charge >= 0.3 is 5.97 Å². The quantitative estimate of drug-likeness (QED) is 0.753. The Balaban J connectivity index is 1.84. The molecule has 0 spiro atoms. The summed E-state index contributed by atoms with van der Waals surface area (Å²) < 4.78 is 3.33. The smallest absolute Gasteiger partial charge is 0.304 e. The molecule has 0 saturated carbocycles. The summed E-state index contributed by atoms with van der Waals surface area (Å²) in [5.41, 5.74) is 2.53. The van der Waals surface area contributed by atoms with Crippen LogP contribution in [0.25, 0.3) is 5.95 Å². The van der Waals surface area contributed by atoms with Gasteiger partial charge in [0.25, 0.3) is 5.95 Å². The summed E-state index contributed by atoms with van der Waals surface area (Å²) in [5.74, 6) is -0.371. The average Bonchev–Trinajstić information content (AvgIpc) is 3.26. The molecule has 1 atom stereocenters. The van der Waals surface area contributed by atoms with E-state index in [-0.39, 0.29) is 11.7 Å². The molecule has 3 aromatic rings. The van der Waals surface area contributed by atoms with Crippen LogP contribution in [0.15, 0.2) is 33.8 Å². The third-order valence-corrected chi connectivity index (χ3v) is 5.72. The number of fused-ring (bicyclic) bond motifs is 1. The fourth-order valence-corrected chi connectivity index (χ4v) is 4.58. The number of aromatic nitrogens is 5. The lowest BCUT2D eigenvalue weighted by atomic mass is 10.1. The number of carboxylic acid groups (broad SMARTS) is 1. The highest BCUT2D eigenvalue weighted by atomic mass is 32.2. The lowest BCUT2D eigenvalue weighted by molar-refractivity contribution is -0.136. The molecule has 4 rings (SSSR count). The van der Waals surface area contributed by atoms with Crippen LogP contribution in [0, 0.1) is 13.8 Å². The number of aryl methyl sites for hydroxylation is 2. The summed E-state index contributed by atoms with van der Waals surface area (Å²) in [7, 11) is 0. The first-order chi connectivity index (χ1) is 12.0. The van der Waals surface area contributed by atoms with Crippen molar-refractivity contribution in [1.82, 2.24) is 24.7 Å². The lowest BCUT2D eigenvalue weighted by Gasteiger charge is -2.20. The zero-order chi connectivity index (χ0) is 17.6. The second-order valence-corrected chi connectivity index (χ2v) is 7.72. The monoisotopic (exact) mass is 374 g/mol. The van der Waals surface area contributed by atoms with Crippen LogP contribution in [0.1, 0.15) is 22.7 Å². The van der Waals surface area contributed by atoms with E-state index in [4.69, 9.17) is 0 Å². The lowest BCUT2D eigenvalue weighted by Crippen LogP contribution is -2.26. The van der Waals surface area contributed by atoms with Crippen molar-refractivity contribution < 1.29 is 9.90 Å². The van der Waals surface area contributed by atoms with Gasteiger partial charge in [-0.1, -0.05) is 17.8 Å². The van der Waals surface area contributed by atoms with Gasteiger partial charge in [0.05, 0.1) is 28.0 Å². The van der Waals surface area contributed by atoms with E-state index in [0.717, 1.165) is 22.0 Å². The van der Waals surface area contributed by atoms with Crippen LogP contribution in [-0.2, 0) is 4.79 Å². The van der Waals surface area contributed by atoms with E-state index in [1.165, 1.54) is 23.1 Å². The van der Waals surface area contributed by atoms with Crippen molar-refractivity contribution in [2.45, 2.75) is 30.7 Å². The summed E-state index contributed by atoms with van der Waals surface area (Å²) in [6, 6.07) is 5.82. The Morgan fingerprint density at radius 2 is 2.20 bits per heavy atom. The maximum Gasteiger partial charge on any atom is 0.304 e. The van der Waals surface area contributed by atoms with Gasteiger partial charge in [-0.2, -0.15) is 14.9 Å². The maximum atomic E-state index is 11.2. The number of thiophene rings is 1. The number of rotatable bonds is 4. The molecule has 25 heavy (non-hydrogen) atoms. The Hall–Kier alpha value is -2.46. The van der Waals surface area contributed by atoms with Gasteiger partial charge in [0.2, 0.25) is 5.16 Å². The minimum absolute atomic E-state index is 0.0243. The van der Waals surface area contributed by atoms with Crippen molar-refractivity contribution in [3.8, 4) is 5.95 Å². The molecule has 0 amide bonds. The van der Waals surface area contributed by atoms with Crippen LogP contribution in [0.5, 0.6) is 0 Å². The van der Waals surface area contributed by atoms with Crippen molar-refractivity contribution in [1.29, 1.82) is 0 Å². The molecular weight excluding hydrogens is 360 g/mol. The molecule has 0 unspecified atom stereocenters. The van der Waals surface area contributed by atoms with Crippen molar-refractivity contribution in [2.24, 2.45) is 5.10 Å². The predicted octanol–water partition coefficient (Wildman–Crippen LogP) is 2.34. The number of hydrogen-bond donors (Lipinski definition) is 1. The Morgan fingerprint density at radius 3 is 2.84 bits per heavy atom. The van der Waals surface area contributed by atoms with Gasteiger partial charge in [-0.25, -0.2) is 4.68 Å². The summed E-state index contributed by atoms with van der Waals surface area (Å²) >= 11 is 2.90. The molecular formula is C15H14N6O2S2. The van der Waals surface area contributed by atoms with E-state index in [9.17, 15) is 9.90 Å². The van der Waals surface area contributed by atoms with Crippen molar-refractivity contribution >= 4 is 34.8 Å². The van der Waals surface area contributed by atoms with E-state index in [1.807, 2.05) is 37.4 Å². The number of carbonyl (C=O) groups is 1. The van der Waals surface area contributed by atoms with Gasteiger partial charge in [-0.05, 0) is 31.4 Å². The van der Waals surface area contributed by atoms with E-state index in [2.05, 4.69) is 20.4 Å². The van der Waals surface area contributed by atoms with Gasteiger partial charge in [0.15, 0.2) is 0 Å². The largest absolute Gasteiger partial charge is 0.481 e. The normalized spacial score (nSPS) is 16.6. The van der Waals surface area contributed by atoms with E-state index in [1.54, 1.807) is 9.36 Å². The van der Waals surface area contributed by atoms with Crippen LogP contribution in [-0.4, -0.2) is 46.7 Å². The van der Waals surface area contributed by atoms with Crippen molar-refractivity contribution in [3.05, 3.63) is 39.8 Å². The number of aliphatic carboxylic acids is 1. The van der Waals surface area contributed by atoms with Gasteiger partial charge < -0.3 is 5.11 Å². The second kappa shape index (κ2) is 6.12. The average molecular weight is 374 g/mol. The fraction of sp³-hybridized carbons (Fsp3) is 0.267. The standard InChI is InChI=1S/C15H14N6O2S2/c1-8-6-9(2)20(18-8)14-16-17-15-21(14)19-13(10-4-3-5-24-10)11(25-15)7-12(22)23/h3-6,11H,7H2,1-2H3,(H,22,23)/t11-/m1/s1. The second-order valence-electron chi connectivity index (χ2n) is 5.60. The van der Waals surface area contributed by atoms with E-state index < -0.39 is 5.97 Å². The fourth-order valence-electron chi connectivity index (χ4n) is 2.67. The SMILES string of the molecule is Cc1cc(C)n(-c2nnc3n2N=C(c2cccs2)[C@@H](CC(=O)O)S3)n1.